The largest absolute Gasteiger partial charge is 0.465 e. The number of hydrogen-bond donors (Lipinski definition) is 1. The monoisotopic (exact) mass is 143 g/mol. The van der Waals surface area contributed by atoms with Gasteiger partial charge >= 0.3 is 5.97 Å². The molecule has 10 heavy (non-hydrogen) atoms. The Labute approximate surface area is 60.7 Å². The quantitative estimate of drug-likeness (QED) is 0.446. The lowest BCUT2D eigenvalue weighted by Gasteiger charge is -1.99. The summed E-state index contributed by atoms with van der Waals surface area (Å²) in [6.45, 7) is 6.24. The van der Waals surface area contributed by atoms with Crippen molar-refractivity contribution in [2.45, 2.75) is 32.4 Å². The van der Waals surface area contributed by atoms with Crippen LogP contribution in [0.1, 0.15) is 20.8 Å². The Bertz CT molecular complexity index is 154. The lowest BCUT2D eigenvalue weighted by Crippen LogP contribution is -2.17. The maximum Gasteiger partial charge on any atom is 0.325 e. The van der Waals surface area contributed by atoms with Crippen LogP contribution >= 0.6 is 0 Å². The highest BCUT2D eigenvalue weighted by atomic mass is 16.5. The van der Waals surface area contributed by atoms with Gasteiger partial charge in [-0.1, -0.05) is 0 Å². The fourth-order valence-corrected chi connectivity index (χ4v) is 0.909. The van der Waals surface area contributed by atoms with Crippen LogP contribution in [0.5, 0.6) is 0 Å². The third kappa shape index (κ3) is 1.29. The molecule has 0 aromatic carbocycles. The maximum absolute atomic E-state index is 10.9. The summed E-state index contributed by atoms with van der Waals surface area (Å²) in [5.74, 6) is -0.132. The number of nitrogens with one attached hydrogen (secondary N) is 1. The second-order valence-electron chi connectivity index (χ2n) is 3.05. The molecule has 1 N–H and O–H groups in total. The first-order valence-corrected chi connectivity index (χ1v) is 3.52. The van der Waals surface area contributed by atoms with Crippen LogP contribution in [-0.2, 0) is 9.53 Å². The molecule has 0 spiro atoms. The molecule has 0 aliphatic carbocycles. The highest BCUT2D eigenvalue weighted by Crippen LogP contribution is 2.25. The van der Waals surface area contributed by atoms with Crippen molar-refractivity contribution in [1.82, 2.24) is 5.32 Å². The smallest absolute Gasteiger partial charge is 0.325 e. The zero-order chi connectivity index (χ0) is 7.78. The molecule has 0 aromatic heterocycles. The van der Waals surface area contributed by atoms with Gasteiger partial charge in [0.1, 0.15) is 6.04 Å². The van der Waals surface area contributed by atoms with Crippen molar-refractivity contribution in [3.05, 3.63) is 0 Å². The van der Waals surface area contributed by atoms with E-state index >= 15 is 0 Å². The Morgan fingerprint density at radius 2 is 2.20 bits per heavy atom. The first-order valence-electron chi connectivity index (χ1n) is 3.52. The van der Waals surface area contributed by atoms with Gasteiger partial charge in [-0.15, -0.1) is 0 Å². The average molecular weight is 143 g/mol. The van der Waals surface area contributed by atoms with E-state index in [1.807, 2.05) is 20.8 Å². The van der Waals surface area contributed by atoms with E-state index in [9.17, 15) is 4.79 Å². The van der Waals surface area contributed by atoms with E-state index in [-0.39, 0.29) is 17.6 Å². The molecule has 0 amide bonds. The number of carbonyl (C=O) groups excluding carboxylic acids is 1. The fourth-order valence-electron chi connectivity index (χ4n) is 0.909. The maximum atomic E-state index is 10.9. The van der Waals surface area contributed by atoms with Crippen LogP contribution in [0.25, 0.3) is 0 Å². The van der Waals surface area contributed by atoms with E-state index in [1.54, 1.807) is 0 Å². The van der Waals surface area contributed by atoms with Crippen LogP contribution < -0.4 is 5.32 Å². The van der Waals surface area contributed by atoms with Gasteiger partial charge in [0.15, 0.2) is 0 Å². The highest BCUT2D eigenvalue weighted by molar-refractivity contribution is 5.81. The Morgan fingerprint density at radius 3 is 2.50 bits per heavy atom. The minimum absolute atomic E-state index is 0.0355. The van der Waals surface area contributed by atoms with Crippen LogP contribution in [0.4, 0.5) is 0 Å². The summed E-state index contributed by atoms with van der Waals surface area (Å²) in [6.07, 6.45) is 0. The molecule has 1 heterocycles. The molecular weight excluding hydrogens is 130 g/mol. The molecule has 1 atom stereocenters. The van der Waals surface area contributed by atoms with Gasteiger partial charge in [-0.25, -0.2) is 0 Å². The van der Waals surface area contributed by atoms with Gasteiger partial charge in [0.05, 0.1) is 6.61 Å². The molecule has 0 saturated carbocycles. The van der Waals surface area contributed by atoms with Gasteiger partial charge in [0.2, 0.25) is 0 Å². The number of esters is 1. The van der Waals surface area contributed by atoms with Gasteiger partial charge in [0.25, 0.3) is 0 Å². The molecule has 3 heteroatoms. The van der Waals surface area contributed by atoms with Crippen LogP contribution in [0.15, 0.2) is 0 Å². The van der Waals surface area contributed by atoms with E-state index < -0.39 is 0 Å². The van der Waals surface area contributed by atoms with E-state index in [1.165, 1.54) is 0 Å². The molecule has 58 valence electrons. The first kappa shape index (κ1) is 7.54. The zero-order valence-corrected chi connectivity index (χ0v) is 6.60. The molecule has 1 aliphatic rings. The SMILES string of the molecule is CCOC(=O)C1NC1(C)C. The second-order valence-corrected chi connectivity index (χ2v) is 3.05. The number of hydrogen-bond acceptors (Lipinski definition) is 3. The molecule has 0 aromatic rings. The lowest BCUT2D eigenvalue weighted by molar-refractivity contribution is -0.142. The van der Waals surface area contributed by atoms with Crippen molar-refractivity contribution in [2.24, 2.45) is 0 Å². The lowest BCUT2D eigenvalue weighted by atomic mass is 10.1. The molecule has 3 nitrogen and oxygen atoms in total. The van der Waals surface area contributed by atoms with Crippen LogP contribution in [0, 0.1) is 0 Å². The minimum atomic E-state index is -0.132. The van der Waals surface area contributed by atoms with Crippen LogP contribution in [0.2, 0.25) is 0 Å². The molecule has 1 aliphatic heterocycles. The van der Waals surface area contributed by atoms with Crippen LogP contribution in [0.3, 0.4) is 0 Å². The Kier molecular flexibility index (Phi) is 1.68. The van der Waals surface area contributed by atoms with E-state index in [0.717, 1.165) is 0 Å². The minimum Gasteiger partial charge on any atom is -0.465 e. The third-order valence-electron chi connectivity index (χ3n) is 1.68. The van der Waals surface area contributed by atoms with Crippen molar-refractivity contribution in [1.29, 1.82) is 0 Å². The summed E-state index contributed by atoms with van der Waals surface area (Å²) < 4.78 is 4.80. The molecule has 1 fully saturated rings. The predicted octanol–water partition coefficient (Wildman–Crippen LogP) is 0.300. The summed E-state index contributed by atoms with van der Waals surface area (Å²) in [7, 11) is 0. The predicted molar refractivity (Wildman–Crippen MR) is 37.6 cm³/mol. The van der Waals surface area contributed by atoms with Crippen molar-refractivity contribution in [3.63, 3.8) is 0 Å². The number of carbonyl (C=O) groups is 1. The van der Waals surface area contributed by atoms with E-state index in [4.69, 9.17) is 4.74 Å². The average Bonchev–Trinajstić information content (AvgIpc) is 2.41. The zero-order valence-electron chi connectivity index (χ0n) is 6.60. The van der Waals surface area contributed by atoms with Gasteiger partial charge in [0, 0.05) is 5.54 Å². The first-order chi connectivity index (χ1) is 4.58. The summed E-state index contributed by atoms with van der Waals surface area (Å²) in [5, 5.41) is 3.02. The summed E-state index contributed by atoms with van der Waals surface area (Å²) in [6, 6.07) is -0.0764. The number of ether oxygens (including phenoxy) is 1. The fraction of sp³-hybridized carbons (Fsp3) is 0.857. The highest BCUT2D eigenvalue weighted by Gasteiger charge is 2.51. The molecule has 1 saturated heterocycles. The normalized spacial score (nSPS) is 27.7. The van der Waals surface area contributed by atoms with Crippen molar-refractivity contribution in [3.8, 4) is 0 Å². The van der Waals surface area contributed by atoms with E-state index in [0.29, 0.717) is 6.61 Å². The van der Waals surface area contributed by atoms with Crippen molar-refractivity contribution in [2.75, 3.05) is 6.61 Å². The Balaban J connectivity index is 2.33. The number of rotatable bonds is 2. The summed E-state index contributed by atoms with van der Waals surface area (Å²) >= 11 is 0. The molecule has 1 unspecified atom stereocenters. The van der Waals surface area contributed by atoms with E-state index in [2.05, 4.69) is 5.32 Å². The van der Waals surface area contributed by atoms with Gasteiger partial charge < -0.3 is 4.74 Å². The molecule has 1 rings (SSSR count). The summed E-state index contributed by atoms with van der Waals surface area (Å²) in [5.41, 5.74) is -0.0355. The van der Waals surface area contributed by atoms with Gasteiger partial charge in [-0.3, -0.25) is 10.1 Å². The summed E-state index contributed by atoms with van der Waals surface area (Å²) in [4.78, 5) is 10.9. The Hall–Kier alpha value is -0.570. The second kappa shape index (κ2) is 2.23. The third-order valence-corrected chi connectivity index (χ3v) is 1.68. The molecule has 0 radical (unpaired) electrons. The van der Waals surface area contributed by atoms with Crippen molar-refractivity contribution >= 4 is 5.97 Å². The Morgan fingerprint density at radius 1 is 1.70 bits per heavy atom. The van der Waals surface area contributed by atoms with Gasteiger partial charge in [-0.05, 0) is 20.8 Å². The van der Waals surface area contributed by atoms with Crippen LogP contribution in [-0.4, -0.2) is 24.2 Å². The van der Waals surface area contributed by atoms with Gasteiger partial charge in [-0.2, -0.15) is 0 Å². The standard InChI is InChI=1S/C7H13NO2/c1-4-10-6(9)5-7(2,3)8-5/h5,8H,4H2,1-3H3. The van der Waals surface area contributed by atoms with Crippen molar-refractivity contribution < 1.29 is 9.53 Å². The molecular formula is C7H13NO2. The topological polar surface area (TPSA) is 48.2 Å². The molecule has 0 bridgehead atoms.